The summed E-state index contributed by atoms with van der Waals surface area (Å²) in [4.78, 5) is 2.50. The summed E-state index contributed by atoms with van der Waals surface area (Å²) in [6, 6.07) is 7.52. The number of fused-ring (bicyclic) bond motifs is 2. The first-order chi connectivity index (χ1) is 9.06. The maximum atomic E-state index is 9.87. The van der Waals surface area contributed by atoms with Crippen LogP contribution in [0.4, 0.5) is 5.69 Å². The van der Waals surface area contributed by atoms with Gasteiger partial charge in [0.15, 0.2) is 0 Å². The first-order valence-corrected chi connectivity index (χ1v) is 7.87. The van der Waals surface area contributed by atoms with Gasteiger partial charge in [-0.3, -0.25) is 0 Å². The van der Waals surface area contributed by atoms with Crippen LogP contribution in [0.1, 0.15) is 44.2 Å². The van der Waals surface area contributed by atoms with Crippen molar-refractivity contribution in [3.8, 4) is 0 Å². The number of nitrogens with zero attached hydrogens (tertiary/aromatic N) is 1. The second kappa shape index (κ2) is 5.08. The van der Waals surface area contributed by atoms with Crippen LogP contribution in [0.3, 0.4) is 0 Å². The average molecular weight is 325 g/mol. The number of aliphatic hydroxyl groups is 1. The third-order valence-electron chi connectivity index (χ3n) is 4.48. The minimum atomic E-state index is -0.111. The second-order valence-corrected chi connectivity index (χ2v) is 6.77. The number of nitrogens with two attached hydrogens (primary N) is 1. The molecule has 0 aliphatic carbocycles. The Kier molecular flexibility index (Phi) is 3.58. The molecule has 0 spiro atoms. The van der Waals surface area contributed by atoms with Gasteiger partial charge in [-0.2, -0.15) is 0 Å². The zero-order valence-corrected chi connectivity index (χ0v) is 12.8. The Bertz CT molecular complexity index is 463. The third kappa shape index (κ3) is 2.41. The van der Waals surface area contributed by atoms with Gasteiger partial charge in [0, 0.05) is 28.3 Å². The largest absolute Gasteiger partial charge is 0.393 e. The van der Waals surface area contributed by atoms with Crippen LogP contribution in [-0.2, 0) is 0 Å². The highest BCUT2D eigenvalue weighted by Gasteiger charge is 2.40. The molecule has 2 unspecified atom stereocenters. The number of halogens is 1. The number of hydrogen-bond acceptors (Lipinski definition) is 3. The van der Waals surface area contributed by atoms with Crippen molar-refractivity contribution in [2.24, 2.45) is 5.73 Å². The van der Waals surface area contributed by atoms with Crippen LogP contribution < -0.4 is 10.6 Å². The van der Waals surface area contributed by atoms with E-state index in [0.717, 1.165) is 22.9 Å². The number of hydrogen-bond donors (Lipinski definition) is 2. The number of aliphatic hydroxyl groups excluding tert-OH is 1. The fraction of sp³-hybridized carbons (Fsp3) is 0.600. The molecule has 2 saturated heterocycles. The summed E-state index contributed by atoms with van der Waals surface area (Å²) >= 11 is 3.63. The lowest BCUT2D eigenvalue weighted by molar-refractivity contribution is 0.126. The van der Waals surface area contributed by atoms with Crippen molar-refractivity contribution >= 4 is 21.6 Å². The quantitative estimate of drug-likeness (QED) is 0.879. The molecule has 1 aromatic rings. The summed E-state index contributed by atoms with van der Waals surface area (Å²) in [5, 5.41) is 9.87. The number of rotatable bonds is 2. The Morgan fingerprint density at radius 2 is 1.95 bits per heavy atom. The molecule has 104 valence electrons. The minimum Gasteiger partial charge on any atom is -0.393 e. The van der Waals surface area contributed by atoms with Gasteiger partial charge in [0.1, 0.15) is 0 Å². The first-order valence-electron chi connectivity index (χ1n) is 7.07. The molecule has 3 rings (SSSR count). The SMILES string of the molecule is C[C@@H](N)c1ccc(N2C3CCC2CC(O)C3)cc1Br. The molecule has 0 amide bonds. The Balaban J connectivity index is 1.89. The van der Waals surface area contributed by atoms with Gasteiger partial charge in [0.2, 0.25) is 0 Å². The Morgan fingerprint density at radius 3 is 2.47 bits per heavy atom. The maximum absolute atomic E-state index is 9.87. The Hall–Kier alpha value is -0.580. The lowest BCUT2D eigenvalue weighted by Gasteiger charge is -2.39. The lowest BCUT2D eigenvalue weighted by Crippen LogP contribution is -2.44. The molecule has 3 nitrogen and oxygen atoms in total. The first kappa shape index (κ1) is 13.4. The molecule has 2 fully saturated rings. The molecule has 2 heterocycles. The van der Waals surface area contributed by atoms with Gasteiger partial charge in [-0.05, 0) is 50.3 Å². The fourth-order valence-electron chi connectivity index (χ4n) is 3.62. The summed E-state index contributed by atoms with van der Waals surface area (Å²) in [5.41, 5.74) is 8.36. The van der Waals surface area contributed by atoms with Crippen LogP contribution in [0.2, 0.25) is 0 Å². The predicted octanol–water partition coefficient (Wildman–Crippen LogP) is 2.96. The molecule has 0 radical (unpaired) electrons. The van der Waals surface area contributed by atoms with Crippen molar-refractivity contribution in [2.45, 2.75) is 56.8 Å². The zero-order chi connectivity index (χ0) is 13.6. The molecule has 2 aliphatic heterocycles. The van der Waals surface area contributed by atoms with Crippen LogP contribution in [0, 0.1) is 0 Å². The summed E-state index contributed by atoms with van der Waals surface area (Å²) in [6.45, 7) is 2.00. The van der Waals surface area contributed by atoms with E-state index in [0.29, 0.717) is 12.1 Å². The predicted molar refractivity (Wildman–Crippen MR) is 81.3 cm³/mol. The summed E-state index contributed by atoms with van der Waals surface area (Å²) in [6.07, 6.45) is 4.11. The average Bonchev–Trinajstić information content (AvgIpc) is 2.61. The van der Waals surface area contributed by atoms with E-state index in [-0.39, 0.29) is 12.1 Å². The molecule has 3 N–H and O–H groups in total. The van der Waals surface area contributed by atoms with Crippen molar-refractivity contribution in [2.75, 3.05) is 4.90 Å². The van der Waals surface area contributed by atoms with E-state index in [1.165, 1.54) is 18.5 Å². The van der Waals surface area contributed by atoms with E-state index in [9.17, 15) is 5.11 Å². The summed E-state index contributed by atoms with van der Waals surface area (Å²) in [7, 11) is 0. The number of anilines is 1. The lowest BCUT2D eigenvalue weighted by atomic mass is 9.98. The van der Waals surface area contributed by atoms with E-state index >= 15 is 0 Å². The highest BCUT2D eigenvalue weighted by molar-refractivity contribution is 9.10. The smallest absolute Gasteiger partial charge is 0.0579 e. The highest BCUT2D eigenvalue weighted by atomic mass is 79.9. The monoisotopic (exact) mass is 324 g/mol. The van der Waals surface area contributed by atoms with Crippen molar-refractivity contribution in [3.05, 3.63) is 28.2 Å². The van der Waals surface area contributed by atoms with Gasteiger partial charge >= 0.3 is 0 Å². The van der Waals surface area contributed by atoms with E-state index in [2.05, 4.69) is 39.0 Å². The molecule has 1 aromatic carbocycles. The van der Waals surface area contributed by atoms with Crippen LogP contribution in [0.25, 0.3) is 0 Å². The van der Waals surface area contributed by atoms with E-state index in [1.54, 1.807) is 0 Å². The van der Waals surface area contributed by atoms with E-state index < -0.39 is 0 Å². The molecule has 4 heteroatoms. The van der Waals surface area contributed by atoms with E-state index in [4.69, 9.17) is 5.73 Å². The van der Waals surface area contributed by atoms with Crippen molar-refractivity contribution < 1.29 is 5.11 Å². The Labute approximate surface area is 122 Å². The fourth-order valence-corrected chi connectivity index (χ4v) is 4.34. The minimum absolute atomic E-state index is 0.0447. The van der Waals surface area contributed by atoms with Gasteiger partial charge in [-0.15, -0.1) is 0 Å². The Morgan fingerprint density at radius 1 is 1.32 bits per heavy atom. The van der Waals surface area contributed by atoms with Crippen molar-refractivity contribution in [3.63, 3.8) is 0 Å². The molecule has 19 heavy (non-hydrogen) atoms. The van der Waals surface area contributed by atoms with Gasteiger partial charge < -0.3 is 15.7 Å². The van der Waals surface area contributed by atoms with Crippen LogP contribution in [0.5, 0.6) is 0 Å². The number of piperidine rings is 1. The van der Waals surface area contributed by atoms with Crippen molar-refractivity contribution in [1.29, 1.82) is 0 Å². The molecular formula is C15H21BrN2O. The van der Waals surface area contributed by atoms with Crippen LogP contribution in [0.15, 0.2) is 22.7 Å². The standard InChI is InChI=1S/C15H21BrN2O/c1-9(17)14-5-4-12(8-15(14)16)18-10-2-3-11(18)7-13(19)6-10/h4-5,8-11,13,19H,2-3,6-7,17H2,1H3/t9-,10?,11?,13?/m1/s1. The molecule has 0 saturated carbocycles. The topological polar surface area (TPSA) is 49.5 Å². The number of benzene rings is 1. The van der Waals surface area contributed by atoms with Gasteiger partial charge in [-0.25, -0.2) is 0 Å². The third-order valence-corrected chi connectivity index (χ3v) is 5.17. The van der Waals surface area contributed by atoms with Gasteiger partial charge in [-0.1, -0.05) is 22.0 Å². The summed E-state index contributed by atoms with van der Waals surface area (Å²) < 4.78 is 1.09. The van der Waals surface area contributed by atoms with Gasteiger partial charge in [0.05, 0.1) is 6.10 Å². The van der Waals surface area contributed by atoms with Crippen LogP contribution >= 0.6 is 15.9 Å². The molecule has 2 bridgehead atoms. The zero-order valence-electron chi connectivity index (χ0n) is 11.2. The molecule has 0 aromatic heterocycles. The maximum Gasteiger partial charge on any atom is 0.0579 e. The van der Waals surface area contributed by atoms with Crippen molar-refractivity contribution in [1.82, 2.24) is 0 Å². The van der Waals surface area contributed by atoms with Gasteiger partial charge in [0.25, 0.3) is 0 Å². The highest BCUT2D eigenvalue weighted by Crippen LogP contribution is 2.40. The molecule has 3 atom stereocenters. The van der Waals surface area contributed by atoms with Crippen LogP contribution in [-0.4, -0.2) is 23.3 Å². The second-order valence-electron chi connectivity index (χ2n) is 5.91. The normalized spacial score (nSPS) is 31.6. The molecular weight excluding hydrogens is 304 g/mol. The molecule has 2 aliphatic rings. The summed E-state index contributed by atoms with van der Waals surface area (Å²) in [5.74, 6) is 0. The van der Waals surface area contributed by atoms with E-state index in [1.807, 2.05) is 6.92 Å².